The number of aromatic nitrogens is 1. The lowest BCUT2D eigenvalue weighted by atomic mass is 9.99. The molecule has 1 N–H and O–H groups in total. The fraction of sp³-hybridized carbons (Fsp3) is 0.286. The van der Waals surface area contributed by atoms with E-state index in [1.54, 1.807) is 19.2 Å². The second kappa shape index (κ2) is 4.72. The van der Waals surface area contributed by atoms with Gasteiger partial charge in [0.05, 0.1) is 11.3 Å². The summed E-state index contributed by atoms with van der Waals surface area (Å²) in [4.78, 5) is 16.1. The number of fused-ring (bicyclic) bond motifs is 1. The number of benzene rings is 1. The molecule has 1 aromatic carbocycles. The third-order valence-corrected chi connectivity index (χ3v) is 2.89. The molecule has 0 saturated heterocycles. The summed E-state index contributed by atoms with van der Waals surface area (Å²) < 4.78 is 13.6. The molecule has 0 atom stereocenters. The summed E-state index contributed by atoms with van der Waals surface area (Å²) in [5.41, 5.74) is 1.42. The fourth-order valence-corrected chi connectivity index (χ4v) is 1.95. The van der Waals surface area contributed by atoms with Crippen LogP contribution in [0.4, 0.5) is 10.1 Å². The molecule has 0 spiro atoms. The molecule has 0 aliphatic rings. The van der Waals surface area contributed by atoms with E-state index in [-0.39, 0.29) is 23.0 Å². The second-order valence-electron chi connectivity index (χ2n) is 4.45. The normalized spacial score (nSPS) is 10.9. The molecule has 1 heterocycles. The second-order valence-corrected chi connectivity index (χ2v) is 4.45. The van der Waals surface area contributed by atoms with Crippen LogP contribution in [-0.2, 0) is 0 Å². The van der Waals surface area contributed by atoms with Gasteiger partial charge in [-0.2, -0.15) is 0 Å². The SMILES string of the molecule is CNc1c(C(=O)C(C)C)cnc2c(F)cccc12. The van der Waals surface area contributed by atoms with Gasteiger partial charge in [0.2, 0.25) is 0 Å². The average Bonchev–Trinajstić information content (AvgIpc) is 2.36. The number of carbonyl (C=O) groups is 1. The molecule has 0 bridgehead atoms. The number of anilines is 1. The smallest absolute Gasteiger partial charge is 0.169 e. The van der Waals surface area contributed by atoms with Crippen LogP contribution < -0.4 is 5.32 Å². The Bertz CT molecular complexity index is 608. The molecule has 0 fully saturated rings. The zero-order chi connectivity index (χ0) is 13.3. The predicted molar refractivity (Wildman–Crippen MR) is 70.4 cm³/mol. The van der Waals surface area contributed by atoms with Crippen LogP contribution in [0.2, 0.25) is 0 Å². The molecule has 2 aromatic rings. The number of halogens is 1. The predicted octanol–water partition coefficient (Wildman–Crippen LogP) is 3.25. The summed E-state index contributed by atoms with van der Waals surface area (Å²) >= 11 is 0. The van der Waals surface area contributed by atoms with Gasteiger partial charge in [-0.1, -0.05) is 26.0 Å². The summed E-state index contributed by atoms with van der Waals surface area (Å²) in [5, 5.41) is 3.60. The van der Waals surface area contributed by atoms with Crippen LogP contribution in [0.25, 0.3) is 10.9 Å². The van der Waals surface area contributed by atoms with Gasteiger partial charge in [-0.05, 0) is 6.07 Å². The third-order valence-electron chi connectivity index (χ3n) is 2.89. The van der Waals surface area contributed by atoms with Crippen molar-refractivity contribution in [2.75, 3.05) is 12.4 Å². The van der Waals surface area contributed by atoms with Crippen LogP contribution in [0.5, 0.6) is 0 Å². The molecule has 0 aliphatic carbocycles. The lowest BCUT2D eigenvalue weighted by molar-refractivity contribution is 0.0940. The minimum atomic E-state index is -0.382. The van der Waals surface area contributed by atoms with E-state index >= 15 is 0 Å². The van der Waals surface area contributed by atoms with Crippen molar-refractivity contribution in [2.24, 2.45) is 5.92 Å². The lowest BCUT2D eigenvalue weighted by Crippen LogP contribution is -2.11. The molecular formula is C14H15FN2O. The van der Waals surface area contributed by atoms with Crippen molar-refractivity contribution < 1.29 is 9.18 Å². The first-order valence-electron chi connectivity index (χ1n) is 5.85. The van der Waals surface area contributed by atoms with E-state index in [4.69, 9.17) is 0 Å². The van der Waals surface area contributed by atoms with Crippen LogP contribution in [0, 0.1) is 11.7 Å². The summed E-state index contributed by atoms with van der Waals surface area (Å²) in [6.07, 6.45) is 1.44. The van der Waals surface area contributed by atoms with Crippen molar-refractivity contribution >= 4 is 22.4 Å². The van der Waals surface area contributed by atoms with E-state index in [1.807, 2.05) is 13.8 Å². The van der Waals surface area contributed by atoms with E-state index in [9.17, 15) is 9.18 Å². The van der Waals surface area contributed by atoms with Gasteiger partial charge < -0.3 is 5.32 Å². The first-order valence-corrected chi connectivity index (χ1v) is 5.85. The first kappa shape index (κ1) is 12.5. The Labute approximate surface area is 105 Å². The van der Waals surface area contributed by atoms with E-state index in [0.29, 0.717) is 16.6 Å². The van der Waals surface area contributed by atoms with Crippen molar-refractivity contribution in [1.82, 2.24) is 4.98 Å². The van der Waals surface area contributed by atoms with Gasteiger partial charge >= 0.3 is 0 Å². The number of para-hydroxylation sites is 1. The van der Waals surface area contributed by atoms with E-state index in [1.165, 1.54) is 12.3 Å². The molecule has 0 amide bonds. The number of nitrogens with one attached hydrogen (secondary N) is 1. The first-order chi connectivity index (χ1) is 8.56. The monoisotopic (exact) mass is 246 g/mol. The van der Waals surface area contributed by atoms with E-state index < -0.39 is 0 Å². The standard InChI is InChI=1S/C14H15FN2O/c1-8(2)14(18)10-7-17-13-9(12(10)16-3)5-4-6-11(13)15/h4-8H,1-3H3,(H,16,17). The van der Waals surface area contributed by atoms with Gasteiger partial charge in [0.25, 0.3) is 0 Å². The fourth-order valence-electron chi connectivity index (χ4n) is 1.95. The highest BCUT2D eigenvalue weighted by atomic mass is 19.1. The molecule has 0 saturated carbocycles. The van der Waals surface area contributed by atoms with Crippen LogP contribution in [0.15, 0.2) is 24.4 Å². The van der Waals surface area contributed by atoms with Crippen molar-refractivity contribution in [3.05, 3.63) is 35.8 Å². The van der Waals surface area contributed by atoms with E-state index in [2.05, 4.69) is 10.3 Å². The molecule has 0 unspecified atom stereocenters. The summed E-state index contributed by atoms with van der Waals surface area (Å²) in [5.74, 6) is -0.504. The average molecular weight is 246 g/mol. The molecular weight excluding hydrogens is 231 g/mol. The molecule has 18 heavy (non-hydrogen) atoms. The minimum Gasteiger partial charge on any atom is -0.387 e. The number of ketones is 1. The number of Topliss-reactive ketones (excluding diaryl/α,β-unsaturated/α-hetero) is 1. The highest BCUT2D eigenvalue weighted by Crippen LogP contribution is 2.28. The Hall–Kier alpha value is -1.97. The van der Waals surface area contributed by atoms with Gasteiger partial charge in [0, 0.05) is 24.5 Å². The molecule has 3 nitrogen and oxygen atoms in total. The van der Waals surface area contributed by atoms with Gasteiger partial charge in [0.15, 0.2) is 5.78 Å². The third kappa shape index (κ3) is 1.94. The summed E-state index contributed by atoms with van der Waals surface area (Å²) in [6.45, 7) is 3.66. The number of pyridine rings is 1. The van der Waals surface area contributed by atoms with E-state index in [0.717, 1.165) is 0 Å². The maximum absolute atomic E-state index is 13.6. The zero-order valence-electron chi connectivity index (χ0n) is 10.6. The Morgan fingerprint density at radius 3 is 2.72 bits per heavy atom. The van der Waals surface area contributed by atoms with Crippen LogP contribution in [-0.4, -0.2) is 17.8 Å². The largest absolute Gasteiger partial charge is 0.387 e. The van der Waals surface area contributed by atoms with Crippen molar-refractivity contribution in [3.8, 4) is 0 Å². The Morgan fingerprint density at radius 2 is 2.11 bits per heavy atom. The Kier molecular flexibility index (Phi) is 3.28. The highest BCUT2D eigenvalue weighted by Gasteiger charge is 2.18. The molecule has 0 aliphatic heterocycles. The minimum absolute atomic E-state index is 0.00184. The summed E-state index contributed by atoms with van der Waals surface area (Å²) in [6, 6.07) is 4.73. The lowest BCUT2D eigenvalue weighted by Gasteiger charge is -2.13. The highest BCUT2D eigenvalue weighted by molar-refractivity contribution is 6.08. The molecule has 4 heteroatoms. The van der Waals surface area contributed by atoms with Crippen molar-refractivity contribution in [3.63, 3.8) is 0 Å². The van der Waals surface area contributed by atoms with Crippen LogP contribution in [0.1, 0.15) is 24.2 Å². The molecule has 1 aromatic heterocycles. The Morgan fingerprint density at radius 1 is 1.39 bits per heavy atom. The Balaban J connectivity index is 2.75. The van der Waals surface area contributed by atoms with Crippen molar-refractivity contribution in [2.45, 2.75) is 13.8 Å². The number of rotatable bonds is 3. The maximum atomic E-state index is 13.6. The molecule has 94 valence electrons. The number of carbonyl (C=O) groups excluding carboxylic acids is 1. The van der Waals surface area contributed by atoms with Crippen molar-refractivity contribution in [1.29, 1.82) is 0 Å². The molecule has 2 rings (SSSR count). The molecule has 0 radical (unpaired) electrons. The van der Waals surface area contributed by atoms with Crippen LogP contribution in [0.3, 0.4) is 0 Å². The zero-order valence-corrected chi connectivity index (χ0v) is 10.6. The van der Waals surface area contributed by atoms with Gasteiger partial charge in [-0.3, -0.25) is 9.78 Å². The van der Waals surface area contributed by atoms with Gasteiger partial charge in [-0.25, -0.2) is 4.39 Å². The van der Waals surface area contributed by atoms with Gasteiger partial charge in [0.1, 0.15) is 11.3 Å². The number of hydrogen-bond acceptors (Lipinski definition) is 3. The number of hydrogen-bond donors (Lipinski definition) is 1. The van der Waals surface area contributed by atoms with Crippen LogP contribution >= 0.6 is 0 Å². The topological polar surface area (TPSA) is 42.0 Å². The maximum Gasteiger partial charge on any atom is 0.169 e. The number of nitrogens with zero attached hydrogens (tertiary/aromatic N) is 1. The van der Waals surface area contributed by atoms with Gasteiger partial charge in [-0.15, -0.1) is 0 Å². The quantitative estimate of drug-likeness (QED) is 0.845. The summed E-state index contributed by atoms with van der Waals surface area (Å²) in [7, 11) is 1.72.